The van der Waals surface area contributed by atoms with Gasteiger partial charge in [0.25, 0.3) is 5.91 Å². The first-order chi connectivity index (χ1) is 12.8. The Morgan fingerprint density at radius 3 is 2.26 bits per heavy atom. The number of benzene rings is 1. The Labute approximate surface area is 157 Å². The van der Waals surface area contributed by atoms with E-state index in [4.69, 9.17) is 4.74 Å². The van der Waals surface area contributed by atoms with Crippen LogP contribution in [0.2, 0.25) is 0 Å². The van der Waals surface area contributed by atoms with E-state index < -0.39 is 6.04 Å². The van der Waals surface area contributed by atoms with Crippen molar-refractivity contribution in [3.8, 4) is 5.75 Å². The molecule has 0 spiro atoms. The molecular formula is C19H23N3O5. The van der Waals surface area contributed by atoms with Crippen LogP contribution in [0.4, 0.5) is 5.69 Å². The predicted molar refractivity (Wildman–Crippen MR) is 97.7 cm³/mol. The average Bonchev–Trinajstić information content (AvgIpc) is 2.66. The number of piperazine rings is 1. The van der Waals surface area contributed by atoms with Crippen molar-refractivity contribution in [2.45, 2.75) is 26.8 Å². The smallest absolute Gasteiger partial charge is 0.265 e. The van der Waals surface area contributed by atoms with E-state index in [1.54, 1.807) is 34.9 Å². The summed E-state index contributed by atoms with van der Waals surface area (Å²) in [5.41, 5.74) is 0.883. The average molecular weight is 373 g/mol. The van der Waals surface area contributed by atoms with Crippen molar-refractivity contribution >= 4 is 29.2 Å². The molecule has 144 valence electrons. The van der Waals surface area contributed by atoms with Gasteiger partial charge in [0.1, 0.15) is 11.8 Å². The second-order valence-electron chi connectivity index (χ2n) is 6.80. The number of hydrogen-bond acceptors (Lipinski definition) is 5. The number of amides is 3. The summed E-state index contributed by atoms with van der Waals surface area (Å²) in [6, 6.07) is 4.15. The molecule has 3 rings (SSSR count). The number of fused-ring (bicyclic) bond motifs is 1. The zero-order chi connectivity index (χ0) is 19.7. The van der Waals surface area contributed by atoms with Gasteiger partial charge in [0.15, 0.2) is 12.4 Å². The molecule has 0 radical (unpaired) electrons. The molecule has 0 bridgehead atoms. The van der Waals surface area contributed by atoms with Crippen molar-refractivity contribution in [3.05, 3.63) is 23.8 Å². The number of carbonyl (C=O) groups is 4. The van der Waals surface area contributed by atoms with Crippen LogP contribution >= 0.6 is 0 Å². The molecule has 1 saturated heterocycles. The minimum atomic E-state index is -0.730. The maximum atomic E-state index is 13.0. The van der Waals surface area contributed by atoms with Crippen LogP contribution in [-0.4, -0.2) is 72.1 Å². The summed E-state index contributed by atoms with van der Waals surface area (Å²) >= 11 is 0. The van der Waals surface area contributed by atoms with E-state index >= 15 is 0 Å². The second-order valence-corrected chi connectivity index (χ2v) is 6.80. The van der Waals surface area contributed by atoms with Crippen LogP contribution in [0, 0.1) is 0 Å². The molecule has 2 aliphatic heterocycles. The number of carbonyl (C=O) groups excluding carboxylic acids is 4. The third-order valence-corrected chi connectivity index (χ3v) is 5.03. The van der Waals surface area contributed by atoms with E-state index in [0.717, 1.165) is 0 Å². The van der Waals surface area contributed by atoms with Gasteiger partial charge >= 0.3 is 0 Å². The molecule has 0 saturated carbocycles. The van der Waals surface area contributed by atoms with Crippen LogP contribution in [-0.2, 0) is 14.4 Å². The Balaban J connectivity index is 1.82. The number of ether oxygens (including phenoxy) is 1. The second kappa shape index (κ2) is 7.38. The predicted octanol–water partition coefficient (Wildman–Crippen LogP) is 0.694. The van der Waals surface area contributed by atoms with Gasteiger partial charge in [0.2, 0.25) is 11.8 Å². The third kappa shape index (κ3) is 3.65. The minimum absolute atomic E-state index is 0.0100. The van der Waals surface area contributed by atoms with Gasteiger partial charge in [-0.05, 0) is 32.0 Å². The van der Waals surface area contributed by atoms with Crippen LogP contribution in [0.5, 0.6) is 5.75 Å². The highest BCUT2D eigenvalue weighted by molar-refractivity contribution is 6.05. The molecule has 27 heavy (non-hydrogen) atoms. The van der Waals surface area contributed by atoms with Crippen molar-refractivity contribution < 1.29 is 23.9 Å². The molecule has 0 aliphatic carbocycles. The summed E-state index contributed by atoms with van der Waals surface area (Å²) in [5.74, 6) is -0.181. The number of hydrogen-bond donors (Lipinski definition) is 0. The number of rotatable bonds is 3. The van der Waals surface area contributed by atoms with Gasteiger partial charge in [0, 0.05) is 38.7 Å². The zero-order valence-electron chi connectivity index (χ0n) is 15.7. The zero-order valence-corrected chi connectivity index (χ0v) is 15.7. The number of Topliss-reactive ketones (excluding diaryl/α,β-unsaturated/α-hetero) is 1. The Morgan fingerprint density at radius 1 is 1.04 bits per heavy atom. The van der Waals surface area contributed by atoms with Gasteiger partial charge in [0.05, 0.1) is 5.69 Å². The fourth-order valence-electron chi connectivity index (χ4n) is 3.43. The SMILES string of the molecule is CC(=O)c1ccc2c(c1)N(C(C)C(=O)N1CCN(C(C)=O)CC1)C(=O)CO2. The van der Waals surface area contributed by atoms with Gasteiger partial charge in [-0.2, -0.15) is 0 Å². The molecular weight excluding hydrogens is 350 g/mol. The largest absolute Gasteiger partial charge is 0.482 e. The molecule has 3 amide bonds. The standard InChI is InChI=1S/C19H23N3O5/c1-12(19(26)21-8-6-20(7-9-21)14(3)24)22-16-10-15(13(2)23)4-5-17(16)27-11-18(22)25/h4-5,10,12H,6-9,11H2,1-3H3. The summed E-state index contributed by atoms with van der Waals surface area (Å²) < 4.78 is 5.44. The molecule has 2 heterocycles. The van der Waals surface area contributed by atoms with Crippen molar-refractivity contribution in [1.82, 2.24) is 9.80 Å². The van der Waals surface area contributed by atoms with Crippen molar-refractivity contribution in [2.75, 3.05) is 37.7 Å². The van der Waals surface area contributed by atoms with Crippen LogP contribution in [0.15, 0.2) is 18.2 Å². The first-order valence-corrected chi connectivity index (χ1v) is 8.93. The maximum Gasteiger partial charge on any atom is 0.265 e. The molecule has 1 aromatic rings. The Hall–Kier alpha value is -2.90. The molecule has 0 N–H and O–H groups in total. The van der Waals surface area contributed by atoms with E-state index in [-0.39, 0.29) is 30.1 Å². The lowest BCUT2D eigenvalue weighted by Crippen LogP contribution is -2.57. The monoisotopic (exact) mass is 373 g/mol. The molecule has 0 aromatic heterocycles. The lowest BCUT2D eigenvalue weighted by molar-refractivity contribution is -0.140. The van der Waals surface area contributed by atoms with Gasteiger partial charge in [-0.3, -0.25) is 24.1 Å². The fourth-order valence-corrected chi connectivity index (χ4v) is 3.43. The third-order valence-electron chi connectivity index (χ3n) is 5.03. The quantitative estimate of drug-likeness (QED) is 0.728. The van der Waals surface area contributed by atoms with Crippen molar-refractivity contribution in [2.24, 2.45) is 0 Å². The number of ketones is 1. The van der Waals surface area contributed by atoms with Gasteiger partial charge in [-0.15, -0.1) is 0 Å². The molecule has 1 fully saturated rings. The maximum absolute atomic E-state index is 13.0. The van der Waals surface area contributed by atoms with E-state index in [1.165, 1.54) is 18.7 Å². The molecule has 1 unspecified atom stereocenters. The minimum Gasteiger partial charge on any atom is -0.482 e. The summed E-state index contributed by atoms with van der Waals surface area (Å²) in [7, 11) is 0. The van der Waals surface area contributed by atoms with Crippen LogP contribution in [0.3, 0.4) is 0 Å². The lowest BCUT2D eigenvalue weighted by atomic mass is 10.1. The van der Waals surface area contributed by atoms with Crippen LogP contribution in [0.1, 0.15) is 31.1 Å². The van der Waals surface area contributed by atoms with Crippen LogP contribution < -0.4 is 9.64 Å². The normalized spacial score (nSPS) is 17.9. The van der Waals surface area contributed by atoms with Gasteiger partial charge in [-0.25, -0.2) is 0 Å². The van der Waals surface area contributed by atoms with Gasteiger partial charge in [-0.1, -0.05) is 0 Å². The topological polar surface area (TPSA) is 87.2 Å². The number of nitrogens with zero attached hydrogens (tertiary/aromatic N) is 3. The summed E-state index contributed by atoms with van der Waals surface area (Å²) in [6.07, 6.45) is 0. The molecule has 2 aliphatic rings. The van der Waals surface area contributed by atoms with E-state index in [9.17, 15) is 19.2 Å². The van der Waals surface area contributed by atoms with E-state index in [2.05, 4.69) is 0 Å². The van der Waals surface area contributed by atoms with Crippen molar-refractivity contribution in [3.63, 3.8) is 0 Å². The highest BCUT2D eigenvalue weighted by atomic mass is 16.5. The van der Waals surface area contributed by atoms with Gasteiger partial charge < -0.3 is 14.5 Å². The lowest BCUT2D eigenvalue weighted by Gasteiger charge is -2.39. The fraction of sp³-hybridized carbons (Fsp3) is 0.474. The Bertz CT molecular complexity index is 799. The Kier molecular flexibility index (Phi) is 5.16. The first kappa shape index (κ1) is 18.9. The number of anilines is 1. The first-order valence-electron chi connectivity index (χ1n) is 8.93. The molecule has 1 atom stereocenters. The van der Waals surface area contributed by atoms with E-state index in [1.807, 2.05) is 0 Å². The summed E-state index contributed by atoms with van der Waals surface area (Å²) in [4.78, 5) is 53.4. The summed E-state index contributed by atoms with van der Waals surface area (Å²) in [6.45, 7) is 6.31. The van der Waals surface area contributed by atoms with E-state index in [0.29, 0.717) is 43.2 Å². The van der Waals surface area contributed by atoms with Crippen LogP contribution in [0.25, 0.3) is 0 Å². The molecule has 8 nitrogen and oxygen atoms in total. The highest BCUT2D eigenvalue weighted by Crippen LogP contribution is 2.34. The van der Waals surface area contributed by atoms with Crippen molar-refractivity contribution in [1.29, 1.82) is 0 Å². The highest BCUT2D eigenvalue weighted by Gasteiger charge is 2.36. The Morgan fingerprint density at radius 2 is 1.67 bits per heavy atom. The molecule has 1 aromatic carbocycles. The summed E-state index contributed by atoms with van der Waals surface area (Å²) in [5, 5.41) is 0. The molecule has 8 heteroatoms.